The van der Waals surface area contributed by atoms with Crippen LogP contribution in [-0.2, 0) is 0 Å². The molecule has 2 rings (SSSR count). The van der Waals surface area contributed by atoms with Gasteiger partial charge in [-0.05, 0) is 45.2 Å². The van der Waals surface area contributed by atoms with Crippen molar-refractivity contribution < 1.29 is 4.74 Å². The van der Waals surface area contributed by atoms with E-state index >= 15 is 0 Å². The van der Waals surface area contributed by atoms with E-state index < -0.39 is 0 Å². The third-order valence-corrected chi connectivity index (χ3v) is 3.27. The molecule has 1 unspecified atom stereocenters. The molecule has 2 heterocycles. The molecule has 100 valence electrons. The summed E-state index contributed by atoms with van der Waals surface area (Å²) in [5, 5.41) is 6.71. The van der Waals surface area contributed by atoms with Crippen LogP contribution in [0.25, 0.3) is 0 Å². The van der Waals surface area contributed by atoms with Crippen molar-refractivity contribution in [3.63, 3.8) is 0 Å². The monoisotopic (exact) mass is 250 g/mol. The second-order valence-electron chi connectivity index (χ2n) is 4.80. The van der Waals surface area contributed by atoms with Crippen molar-refractivity contribution in [2.75, 3.05) is 32.1 Å². The largest absolute Gasteiger partial charge is 0.481 e. The van der Waals surface area contributed by atoms with E-state index in [2.05, 4.69) is 20.6 Å². The summed E-state index contributed by atoms with van der Waals surface area (Å²) in [6.45, 7) is 5.17. The molecule has 5 nitrogen and oxygen atoms in total. The van der Waals surface area contributed by atoms with Gasteiger partial charge in [0.05, 0.1) is 7.11 Å². The first kappa shape index (κ1) is 13.1. The fraction of sp³-hybridized carbons (Fsp3) is 0.692. The molecule has 0 aliphatic carbocycles. The zero-order valence-electron chi connectivity index (χ0n) is 11.2. The molecule has 1 aliphatic heterocycles. The van der Waals surface area contributed by atoms with Gasteiger partial charge in [0.15, 0.2) is 0 Å². The van der Waals surface area contributed by atoms with Gasteiger partial charge in [0.1, 0.15) is 0 Å². The molecular formula is C13H22N4O. The van der Waals surface area contributed by atoms with Crippen molar-refractivity contribution in [3.05, 3.63) is 11.8 Å². The lowest BCUT2D eigenvalue weighted by Gasteiger charge is -2.22. The molecule has 0 saturated carbocycles. The molecule has 0 bridgehead atoms. The van der Waals surface area contributed by atoms with Crippen molar-refractivity contribution in [3.8, 4) is 5.88 Å². The first-order chi connectivity index (χ1) is 8.78. The van der Waals surface area contributed by atoms with Crippen molar-refractivity contribution in [1.29, 1.82) is 0 Å². The number of methoxy groups -OCH3 is 1. The lowest BCUT2D eigenvalue weighted by molar-refractivity contribution is 0.364. The molecule has 0 aromatic carbocycles. The van der Waals surface area contributed by atoms with Gasteiger partial charge >= 0.3 is 0 Å². The summed E-state index contributed by atoms with van der Waals surface area (Å²) < 4.78 is 5.13. The maximum absolute atomic E-state index is 5.13. The number of nitrogens with zero attached hydrogens (tertiary/aromatic N) is 2. The summed E-state index contributed by atoms with van der Waals surface area (Å²) in [6, 6.07) is 1.83. The van der Waals surface area contributed by atoms with Crippen LogP contribution in [0.3, 0.4) is 0 Å². The van der Waals surface area contributed by atoms with Crippen molar-refractivity contribution in [2.24, 2.45) is 5.92 Å². The number of ether oxygens (including phenoxy) is 1. The van der Waals surface area contributed by atoms with Crippen LogP contribution >= 0.6 is 0 Å². The number of aryl methyl sites for hydroxylation is 1. The molecule has 1 aromatic heterocycles. The van der Waals surface area contributed by atoms with Crippen LogP contribution in [0.1, 0.15) is 25.0 Å². The van der Waals surface area contributed by atoms with Gasteiger partial charge in [-0.25, -0.2) is 4.98 Å². The standard InChI is InChI=1S/C13H22N4O/c1-10-8-12(18-2)17-13(16-10)15-7-5-11-4-3-6-14-9-11/h8,11,14H,3-7,9H2,1-2H3,(H,15,16,17). The third kappa shape index (κ3) is 3.84. The zero-order valence-corrected chi connectivity index (χ0v) is 11.2. The number of rotatable bonds is 5. The molecule has 0 spiro atoms. The Labute approximate surface area is 108 Å². The van der Waals surface area contributed by atoms with Gasteiger partial charge in [0.25, 0.3) is 0 Å². The predicted octanol–water partition coefficient (Wildman–Crippen LogP) is 1.60. The second kappa shape index (κ2) is 6.54. The highest BCUT2D eigenvalue weighted by Crippen LogP contribution is 2.15. The Morgan fingerprint density at radius 3 is 3.11 bits per heavy atom. The fourth-order valence-electron chi connectivity index (χ4n) is 2.28. The maximum atomic E-state index is 5.13. The van der Waals surface area contributed by atoms with E-state index in [0.29, 0.717) is 11.8 Å². The highest BCUT2D eigenvalue weighted by atomic mass is 16.5. The van der Waals surface area contributed by atoms with Crippen LogP contribution in [0.4, 0.5) is 5.95 Å². The van der Waals surface area contributed by atoms with Crippen LogP contribution in [-0.4, -0.2) is 36.7 Å². The SMILES string of the molecule is COc1cc(C)nc(NCCC2CCCNC2)n1. The number of aromatic nitrogens is 2. The summed E-state index contributed by atoms with van der Waals surface area (Å²) >= 11 is 0. The Balaban J connectivity index is 1.80. The molecule has 5 heteroatoms. The van der Waals surface area contributed by atoms with Gasteiger partial charge < -0.3 is 15.4 Å². The molecule has 0 radical (unpaired) electrons. The van der Waals surface area contributed by atoms with E-state index in [-0.39, 0.29) is 0 Å². The predicted molar refractivity (Wildman–Crippen MR) is 72.0 cm³/mol. The number of hydrogen-bond acceptors (Lipinski definition) is 5. The van der Waals surface area contributed by atoms with Crippen LogP contribution in [0.2, 0.25) is 0 Å². The Kier molecular flexibility index (Phi) is 4.75. The lowest BCUT2D eigenvalue weighted by atomic mass is 9.96. The van der Waals surface area contributed by atoms with E-state index in [0.717, 1.165) is 31.1 Å². The topological polar surface area (TPSA) is 59.1 Å². The zero-order chi connectivity index (χ0) is 12.8. The summed E-state index contributed by atoms with van der Waals surface area (Å²) in [7, 11) is 1.62. The normalized spacial score (nSPS) is 19.6. The van der Waals surface area contributed by atoms with Crippen molar-refractivity contribution in [1.82, 2.24) is 15.3 Å². The maximum Gasteiger partial charge on any atom is 0.226 e. The smallest absolute Gasteiger partial charge is 0.226 e. The minimum absolute atomic E-state index is 0.615. The lowest BCUT2D eigenvalue weighted by Crippen LogP contribution is -2.30. The van der Waals surface area contributed by atoms with Gasteiger partial charge in [0.2, 0.25) is 11.8 Å². The van der Waals surface area contributed by atoms with Crippen molar-refractivity contribution in [2.45, 2.75) is 26.2 Å². The van der Waals surface area contributed by atoms with E-state index in [1.54, 1.807) is 7.11 Å². The third-order valence-electron chi connectivity index (χ3n) is 3.27. The molecule has 0 amide bonds. The Morgan fingerprint density at radius 1 is 1.50 bits per heavy atom. The second-order valence-corrected chi connectivity index (χ2v) is 4.80. The van der Waals surface area contributed by atoms with Crippen LogP contribution in [0.5, 0.6) is 5.88 Å². The van der Waals surface area contributed by atoms with Crippen molar-refractivity contribution >= 4 is 5.95 Å². The molecule has 1 aliphatic rings. The molecular weight excluding hydrogens is 228 g/mol. The van der Waals surface area contributed by atoms with E-state index in [4.69, 9.17) is 4.74 Å². The average molecular weight is 250 g/mol. The Hall–Kier alpha value is -1.36. The van der Waals surface area contributed by atoms with Gasteiger partial charge in [-0.3, -0.25) is 0 Å². The summed E-state index contributed by atoms with van der Waals surface area (Å²) in [5.41, 5.74) is 0.920. The highest BCUT2D eigenvalue weighted by molar-refractivity contribution is 5.30. The minimum Gasteiger partial charge on any atom is -0.481 e. The van der Waals surface area contributed by atoms with Crippen LogP contribution in [0.15, 0.2) is 6.07 Å². The molecule has 1 atom stereocenters. The fourth-order valence-corrected chi connectivity index (χ4v) is 2.28. The number of piperidine rings is 1. The van der Waals surface area contributed by atoms with Gasteiger partial charge in [-0.2, -0.15) is 4.98 Å². The molecule has 1 fully saturated rings. The summed E-state index contributed by atoms with van der Waals surface area (Å²) in [6.07, 6.45) is 3.78. The van der Waals surface area contributed by atoms with Gasteiger partial charge in [0, 0.05) is 18.3 Å². The van der Waals surface area contributed by atoms with Crippen LogP contribution in [0, 0.1) is 12.8 Å². The first-order valence-corrected chi connectivity index (χ1v) is 6.62. The number of hydrogen-bond donors (Lipinski definition) is 2. The Morgan fingerprint density at radius 2 is 2.39 bits per heavy atom. The molecule has 2 N–H and O–H groups in total. The molecule has 1 saturated heterocycles. The highest BCUT2D eigenvalue weighted by Gasteiger charge is 2.12. The molecule has 1 aromatic rings. The summed E-state index contributed by atoms with van der Waals surface area (Å²) in [5.74, 6) is 2.05. The minimum atomic E-state index is 0.615. The van der Waals surface area contributed by atoms with E-state index in [1.165, 1.54) is 19.4 Å². The summed E-state index contributed by atoms with van der Waals surface area (Å²) in [4.78, 5) is 8.62. The average Bonchev–Trinajstić information content (AvgIpc) is 2.39. The number of nitrogens with one attached hydrogen (secondary N) is 2. The van der Waals surface area contributed by atoms with Gasteiger partial charge in [-0.1, -0.05) is 0 Å². The quantitative estimate of drug-likeness (QED) is 0.831. The van der Waals surface area contributed by atoms with Gasteiger partial charge in [-0.15, -0.1) is 0 Å². The molecule has 18 heavy (non-hydrogen) atoms. The Bertz CT molecular complexity index is 377. The van der Waals surface area contributed by atoms with E-state index in [1.807, 2.05) is 13.0 Å². The number of anilines is 1. The van der Waals surface area contributed by atoms with Crippen LogP contribution < -0.4 is 15.4 Å². The first-order valence-electron chi connectivity index (χ1n) is 6.62. The van der Waals surface area contributed by atoms with E-state index in [9.17, 15) is 0 Å².